The highest BCUT2D eigenvalue weighted by molar-refractivity contribution is 7.92. The fourth-order valence-electron chi connectivity index (χ4n) is 1.48. The van der Waals surface area contributed by atoms with E-state index in [1.165, 1.54) is 0 Å². The number of nitrogens with one attached hydrogen (secondary N) is 2. The van der Waals surface area contributed by atoms with Gasteiger partial charge in [0.05, 0.1) is 18.1 Å². The second-order valence-corrected chi connectivity index (χ2v) is 5.68. The normalized spacial score (nSPS) is 11.2. The maximum absolute atomic E-state index is 13.4. The molecule has 2 aromatic rings. The van der Waals surface area contributed by atoms with Crippen LogP contribution in [0.2, 0.25) is 0 Å². The first-order chi connectivity index (χ1) is 9.92. The number of nitrogens with zero attached hydrogens (tertiary/aromatic N) is 2. The maximum atomic E-state index is 13.4. The largest absolute Gasteiger partial charge is 0.355 e. The van der Waals surface area contributed by atoms with Crippen LogP contribution >= 0.6 is 0 Å². The summed E-state index contributed by atoms with van der Waals surface area (Å²) in [7, 11) is -4.09. The quantitative estimate of drug-likeness (QED) is 0.881. The van der Waals surface area contributed by atoms with Crippen molar-refractivity contribution in [3.05, 3.63) is 42.2 Å². The van der Waals surface area contributed by atoms with E-state index in [4.69, 9.17) is 0 Å². The Morgan fingerprint density at radius 1 is 1.19 bits per heavy atom. The molecule has 112 valence electrons. The summed E-state index contributed by atoms with van der Waals surface area (Å²) in [6, 6.07) is 2.47. The Bertz CT molecular complexity index is 735. The summed E-state index contributed by atoms with van der Waals surface area (Å²) in [5.74, 6) is -1.37. The number of benzene rings is 1. The molecule has 1 aromatic carbocycles. The van der Waals surface area contributed by atoms with E-state index in [0.29, 0.717) is 6.54 Å². The number of sulfonamides is 1. The molecule has 0 aliphatic heterocycles. The van der Waals surface area contributed by atoms with Crippen LogP contribution in [0.1, 0.15) is 6.92 Å². The summed E-state index contributed by atoms with van der Waals surface area (Å²) in [4.78, 5) is 7.36. The van der Waals surface area contributed by atoms with Gasteiger partial charge < -0.3 is 5.32 Å². The van der Waals surface area contributed by atoms with Gasteiger partial charge in [-0.25, -0.2) is 27.2 Å². The monoisotopic (exact) mass is 314 g/mol. The summed E-state index contributed by atoms with van der Waals surface area (Å²) in [6.07, 6.45) is 2.15. The first-order valence-electron chi connectivity index (χ1n) is 5.96. The van der Waals surface area contributed by atoms with Crippen molar-refractivity contribution in [3.63, 3.8) is 0 Å². The van der Waals surface area contributed by atoms with E-state index in [9.17, 15) is 17.2 Å². The zero-order valence-corrected chi connectivity index (χ0v) is 11.8. The lowest BCUT2D eigenvalue weighted by Gasteiger charge is -2.09. The number of hydrogen-bond donors (Lipinski definition) is 2. The van der Waals surface area contributed by atoms with Crippen LogP contribution in [-0.2, 0) is 10.0 Å². The third kappa shape index (κ3) is 3.63. The number of aromatic nitrogens is 2. The number of halogens is 2. The summed E-state index contributed by atoms with van der Waals surface area (Å²) in [6.45, 7) is 2.42. The van der Waals surface area contributed by atoms with Crippen LogP contribution in [-0.4, -0.2) is 24.9 Å². The molecular weight excluding hydrogens is 302 g/mol. The molecule has 0 bridgehead atoms. The van der Waals surface area contributed by atoms with Crippen LogP contribution in [0.3, 0.4) is 0 Å². The minimum Gasteiger partial charge on any atom is -0.355 e. The van der Waals surface area contributed by atoms with Crippen LogP contribution in [0, 0.1) is 11.6 Å². The van der Waals surface area contributed by atoms with E-state index >= 15 is 0 Å². The first kappa shape index (κ1) is 15.1. The van der Waals surface area contributed by atoms with E-state index in [2.05, 4.69) is 15.3 Å². The topological polar surface area (TPSA) is 84.0 Å². The van der Waals surface area contributed by atoms with Gasteiger partial charge in [-0.15, -0.1) is 0 Å². The molecule has 0 atom stereocenters. The SMILES string of the molecule is CCNc1ncc(S(=O)(=O)Nc2cc(F)ccc2F)cn1. The molecule has 0 unspecified atom stereocenters. The van der Waals surface area contributed by atoms with Crippen molar-refractivity contribution in [3.8, 4) is 0 Å². The van der Waals surface area contributed by atoms with E-state index in [0.717, 1.165) is 30.6 Å². The molecule has 9 heteroatoms. The van der Waals surface area contributed by atoms with Gasteiger partial charge >= 0.3 is 0 Å². The lowest BCUT2D eigenvalue weighted by Crippen LogP contribution is -2.15. The number of rotatable bonds is 5. The third-order valence-corrected chi connectivity index (χ3v) is 3.77. The van der Waals surface area contributed by atoms with Crippen LogP contribution in [0.25, 0.3) is 0 Å². The molecule has 21 heavy (non-hydrogen) atoms. The molecular formula is C12H12F2N4O2S. The van der Waals surface area contributed by atoms with Crippen LogP contribution in [0.15, 0.2) is 35.5 Å². The second-order valence-electron chi connectivity index (χ2n) is 4.00. The highest BCUT2D eigenvalue weighted by Gasteiger charge is 2.18. The average Bonchev–Trinajstić information content (AvgIpc) is 2.44. The second kappa shape index (κ2) is 6.00. The smallest absolute Gasteiger partial charge is 0.265 e. The highest BCUT2D eigenvalue weighted by atomic mass is 32.2. The zero-order valence-electron chi connectivity index (χ0n) is 11.0. The lowest BCUT2D eigenvalue weighted by atomic mass is 10.3. The number of anilines is 2. The summed E-state index contributed by atoms with van der Waals surface area (Å²) < 4.78 is 52.5. The first-order valence-corrected chi connectivity index (χ1v) is 7.44. The van der Waals surface area contributed by atoms with E-state index in [1.807, 2.05) is 11.6 Å². The Kier molecular flexibility index (Phi) is 4.32. The molecule has 0 saturated carbocycles. The molecule has 1 aromatic heterocycles. The molecule has 2 rings (SSSR count). The van der Waals surface area contributed by atoms with Crippen LogP contribution in [0.4, 0.5) is 20.4 Å². The molecule has 0 radical (unpaired) electrons. The van der Waals surface area contributed by atoms with Crippen molar-refractivity contribution < 1.29 is 17.2 Å². The molecule has 2 N–H and O–H groups in total. The summed E-state index contributed by atoms with van der Waals surface area (Å²) in [5, 5.41) is 2.81. The van der Waals surface area contributed by atoms with Crippen LogP contribution < -0.4 is 10.0 Å². The third-order valence-electron chi connectivity index (χ3n) is 2.45. The van der Waals surface area contributed by atoms with Crippen molar-refractivity contribution in [2.45, 2.75) is 11.8 Å². The predicted molar refractivity (Wildman–Crippen MR) is 73.4 cm³/mol. The van der Waals surface area contributed by atoms with Crippen molar-refractivity contribution >= 4 is 21.7 Å². The standard InChI is InChI=1S/C12H12F2N4O2S/c1-2-15-12-16-6-9(7-17-12)21(19,20)18-11-5-8(13)3-4-10(11)14/h3-7,18H,2H2,1H3,(H,15,16,17). The molecule has 0 saturated heterocycles. The van der Waals surface area contributed by atoms with Crippen molar-refractivity contribution in [1.82, 2.24) is 9.97 Å². The maximum Gasteiger partial charge on any atom is 0.265 e. The average molecular weight is 314 g/mol. The van der Waals surface area contributed by atoms with Gasteiger partial charge in [0.25, 0.3) is 10.0 Å². The zero-order chi connectivity index (χ0) is 15.5. The van der Waals surface area contributed by atoms with Gasteiger partial charge in [-0.3, -0.25) is 4.72 Å². The Labute approximate surface area is 120 Å². The Morgan fingerprint density at radius 2 is 1.86 bits per heavy atom. The highest BCUT2D eigenvalue weighted by Crippen LogP contribution is 2.19. The summed E-state index contributed by atoms with van der Waals surface area (Å²) >= 11 is 0. The fraction of sp³-hybridized carbons (Fsp3) is 0.167. The minimum absolute atomic E-state index is 0.257. The van der Waals surface area contributed by atoms with Crippen molar-refractivity contribution in [1.29, 1.82) is 0 Å². The lowest BCUT2D eigenvalue weighted by molar-refractivity contribution is 0.594. The van der Waals surface area contributed by atoms with Crippen molar-refractivity contribution in [2.75, 3.05) is 16.6 Å². The molecule has 0 aliphatic carbocycles. The van der Waals surface area contributed by atoms with Gasteiger partial charge in [0.1, 0.15) is 16.5 Å². The Morgan fingerprint density at radius 3 is 2.48 bits per heavy atom. The molecule has 6 nitrogen and oxygen atoms in total. The van der Waals surface area contributed by atoms with Gasteiger partial charge in [0.2, 0.25) is 5.95 Å². The predicted octanol–water partition coefficient (Wildman–Crippen LogP) is 1.99. The van der Waals surface area contributed by atoms with E-state index in [1.54, 1.807) is 0 Å². The van der Waals surface area contributed by atoms with Crippen molar-refractivity contribution in [2.24, 2.45) is 0 Å². The Hall–Kier alpha value is -2.29. The number of hydrogen-bond acceptors (Lipinski definition) is 5. The Balaban J connectivity index is 2.27. The molecule has 0 aliphatic rings. The molecule has 1 heterocycles. The van der Waals surface area contributed by atoms with Gasteiger partial charge in [0.15, 0.2) is 0 Å². The van der Waals surface area contributed by atoms with Gasteiger partial charge in [-0.2, -0.15) is 0 Å². The van der Waals surface area contributed by atoms with Gasteiger partial charge in [-0.05, 0) is 19.1 Å². The van der Waals surface area contributed by atoms with Crippen LogP contribution in [0.5, 0.6) is 0 Å². The van der Waals surface area contributed by atoms with Gasteiger partial charge in [-0.1, -0.05) is 0 Å². The van der Waals surface area contributed by atoms with E-state index in [-0.39, 0.29) is 10.8 Å². The van der Waals surface area contributed by atoms with Gasteiger partial charge in [0, 0.05) is 12.6 Å². The molecule has 0 spiro atoms. The molecule has 0 fully saturated rings. The fourth-order valence-corrected chi connectivity index (χ4v) is 2.43. The van der Waals surface area contributed by atoms with E-state index < -0.39 is 27.3 Å². The minimum atomic E-state index is -4.09. The summed E-state index contributed by atoms with van der Waals surface area (Å²) in [5.41, 5.74) is -0.481. The molecule has 0 amide bonds.